The van der Waals surface area contributed by atoms with Crippen molar-refractivity contribution in [2.75, 3.05) is 7.05 Å². The second-order valence-electron chi connectivity index (χ2n) is 4.96. The Morgan fingerprint density at radius 3 is 2.89 bits per heavy atom. The lowest BCUT2D eigenvalue weighted by Gasteiger charge is -2.14. The number of hydrogen-bond acceptors (Lipinski definition) is 2. The van der Waals surface area contributed by atoms with Crippen molar-refractivity contribution >= 4 is 11.0 Å². The Morgan fingerprint density at radius 2 is 2.11 bits per heavy atom. The van der Waals surface area contributed by atoms with Gasteiger partial charge in [0.1, 0.15) is 5.58 Å². The number of furan rings is 1. The molecule has 0 spiro atoms. The maximum absolute atomic E-state index is 5.62. The summed E-state index contributed by atoms with van der Waals surface area (Å²) in [7, 11) is 2.02. The van der Waals surface area contributed by atoms with E-state index >= 15 is 0 Å². The van der Waals surface area contributed by atoms with Crippen LogP contribution in [-0.4, -0.2) is 7.05 Å². The topological polar surface area (TPSA) is 25.2 Å². The van der Waals surface area contributed by atoms with Crippen LogP contribution in [0.5, 0.6) is 0 Å². The van der Waals surface area contributed by atoms with Crippen molar-refractivity contribution in [3.05, 3.63) is 48.7 Å². The average Bonchev–Trinajstić information content (AvgIpc) is 2.87. The third kappa shape index (κ3) is 3.48. The smallest absolute Gasteiger partial charge is 0.134 e. The first kappa shape index (κ1) is 13.9. The minimum Gasteiger partial charge on any atom is -0.464 e. The molecule has 0 fully saturated rings. The fraction of sp³-hybridized carbons (Fsp3) is 0.412. The molecule has 2 nitrogen and oxygen atoms in total. The summed E-state index contributed by atoms with van der Waals surface area (Å²) in [6, 6.07) is 8.62. The second-order valence-corrected chi connectivity index (χ2v) is 4.96. The summed E-state index contributed by atoms with van der Waals surface area (Å²) in [5.41, 5.74) is 2.26. The lowest BCUT2D eigenvalue weighted by Crippen LogP contribution is -2.15. The number of nitrogens with one attached hydrogen (secondary N) is 1. The molecular weight excluding hydrogens is 234 g/mol. The van der Waals surface area contributed by atoms with Gasteiger partial charge in [-0.05, 0) is 32.4 Å². The van der Waals surface area contributed by atoms with Crippen LogP contribution in [0.25, 0.3) is 11.0 Å². The van der Waals surface area contributed by atoms with Gasteiger partial charge in [0.05, 0.1) is 6.26 Å². The van der Waals surface area contributed by atoms with E-state index in [-0.39, 0.29) is 0 Å². The van der Waals surface area contributed by atoms with Crippen molar-refractivity contribution in [1.82, 2.24) is 5.32 Å². The molecule has 1 unspecified atom stereocenters. The monoisotopic (exact) mass is 257 g/mol. The highest BCUT2D eigenvalue weighted by atomic mass is 16.3. The second kappa shape index (κ2) is 7.15. The van der Waals surface area contributed by atoms with E-state index in [0.29, 0.717) is 6.04 Å². The van der Waals surface area contributed by atoms with Crippen LogP contribution in [0.2, 0.25) is 0 Å². The van der Waals surface area contributed by atoms with Crippen LogP contribution in [0.15, 0.2) is 47.6 Å². The average molecular weight is 257 g/mol. The van der Waals surface area contributed by atoms with E-state index in [1.807, 2.05) is 31.5 Å². The third-order valence-electron chi connectivity index (χ3n) is 3.64. The van der Waals surface area contributed by atoms with Crippen molar-refractivity contribution in [2.24, 2.45) is 0 Å². The van der Waals surface area contributed by atoms with Gasteiger partial charge in [-0.3, -0.25) is 0 Å². The van der Waals surface area contributed by atoms with Gasteiger partial charge < -0.3 is 9.73 Å². The first-order valence-corrected chi connectivity index (χ1v) is 7.11. The molecule has 0 aliphatic rings. The molecule has 0 aliphatic carbocycles. The van der Waals surface area contributed by atoms with Gasteiger partial charge in [-0.15, -0.1) is 6.58 Å². The molecule has 1 N–H and O–H groups in total. The van der Waals surface area contributed by atoms with Crippen molar-refractivity contribution in [2.45, 2.75) is 38.1 Å². The summed E-state index contributed by atoms with van der Waals surface area (Å²) in [5, 5.41) is 4.64. The van der Waals surface area contributed by atoms with Crippen molar-refractivity contribution in [1.29, 1.82) is 0 Å². The zero-order valence-corrected chi connectivity index (χ0v) is 11.7. The van der Waals surface area contributed by atoms with Gasteiger partial charge in [0.25, 0.3) is 0 Å². The van der Waals surface area contributed by atoms with Crippen molar-refractivity contribution in [3.63, 3.8) is 0 Å². The summed E-state index contributed by atoms with van der Waals surface area (Å²) in [5.74, 6) is 0. The van der Waals surface area contributed by atoms with Crippen LogP contribution in [0.1, 0.15) is 43.7 Å². The third-order valence-corrected chi connectivity index (χ3v) is 3.64. The Morgan fingerprint density at radius 1 is 1.26 bits per heavy atom. The van der Waals surface area contributed by atoms with Crippen molar-refractivity contribution < 1.29 is 4.42 Å². The highest BCUT2D eigenvalue weighted by Crippen LogP contribution is 2.29. The van der Waals surface area contributed by atoms with Crippen LogP contribution >= 0.6 is 0 Å². The van der Waals surface area contributed by atoms with E-state index in [9.17, 15) is 0 Å². The molecule has 1 heterocycles. The molecule has 1 atom stereocenters. The Bertz CT molecular complexity index is 515. The molecule has 2 rings (SSSR count). The lowest BCUT2D eigenvalue weighted by atomic mass is 9.99. The Kier molecular flexibility index (Phi) is 5.22. The minimum absolute atomic E-state index is 0.382. The summed E-state index contributed by atoms with van der Waals surface area (Å²) in [4.78, 5) is 0. The Labute approximate surface area is 115 Å². The fourth-order valence-corrected chi connectivity index (χ4v) is 2.54. The largest absolute Gasteiger partial charge is 0.464 e. The molecule has 1 aromatic carbocycles. The molecule has 0 aliphatic heterocycles. The van der Waals surface area contributed by atoms with Gasteiger partial charge in [-0.2, -0.15) is 0 Å². The predicted molar refractivity (Wildman–Crippen MR) is 81.3 cm³/mol. The van der Waals surface area contributed by atoms with E-state index in [1.165, 1.54) is 30.2 Å². The van der Waals surface area contributed by atoms with Crippen LogP contribution in [-0.2, 0) is 0 Å². The predicted octanol–water partition coefficient (Wildman–Crippen LogP) is 4.83. The molecule has 0 radical (unpaired) electrons. The molecule has 2 heteroatoms. The molecular formula is C17H23NO. The highest BCUT2D eigenvalue weighted by molar-refractivity contribution is 5.81. The number of hydrogen-bond donors (Lipinski definition) is 1. The number of para-hydroxylation sites is 1. The minimum atomic E-state index is 0.382. The van der Waals surface area contributed by atoms with Crippen LogP contribution in [0.4, 0.5) is 0 Å². The molecule has 19 heavy (non-hydrogen) atoms. The van der Waals surface area contributed by atoms with Crippen LogP contribution in [0.3, 0.4) is 0 Å². The zero-order chi connectivity index (χ0) is 13.5. The maximum Gasteiger partial charge on any atom is 0.134 e. The number of unbranched alkanes of at least 4 members (excludes halogenated alkanes) is 3. The van der Waals surface area contributed by atoms with E-state index in [0.717, 1.165) is 18.4 Å². The molecule has 2 aromatic rings. The first-order chi connectivity index (χ1) is 9.36. The van der Waals surface area contributed by atoms with Gasteiger partial charge in [-0.25, -0.2) is 0 Å². The van der Waals surface area contributed by atoms with Crippen molar-refractivity contribution in [3.8, 4) is 0 Å². The van der Waals surface area contributed by atoms with Crippen LogP contribution < -0.4 is 5.32 Å². The molecule has 102 valence electrons. The van der Waals surface area contributed by atoms with Crippen LogP contribution in [0, 0.1) is 0 Å². The first-order valence-electron chi connectivity index (χ1n) is 7.11. The molecule has 0 amide bonds. The number of rotatable bonds is 8. The number of benzene rings is 1. The number of allylic oxidation sites excluding steroid dienone is 1. The Hall–Kier alpha value is -1.54. The molecule has 1 aromatic heterocycles. The van der Waals surface area contributed by atoms with E-state index < -0.39 is 0 Å². The van der Waals surface area contributed by atoms with Gasteiger partial charge in [0.15, 0.2) is 0 Å². The quantitative estimate of drug-likeness (QED) is 0.541. The van der Waals surface area contributed by atoms with E-state index in [2.05, 4.69) is 24.0 Å². The van der Waals surface area contributed by atoms with Gasteiger partial charge >= 0.3 is 0 Å². The molecule has 0 saturated carbocycles. The summed E-state index contributed by atoms with van der Waals surface area (Å²) < 4.78 is 5.62. The maximum atomic E-state index is 5.62. The van der Waals surface area contributed by atoms with Gasteiger partial charge in [-0.1, -0.05) is 37.1 Å². The standard InChI is InChI=1S/C17H23NO/c1-3-4-5-6-7-11-16(18-2)15-13-19-17-12-9-8-10-14(15)17/h3,8-10,12-13,16,18H,1,4-7,11H2,2H3. The van der Waals surface area contributed by atoms with E-state index in [4.69, 9.17) is 4.42 Å². The molecule has 0 saturated heterocycles. The summed E-state index contributed by atoms with van der Waals surface area (Å²) in [6.07, 6.45) is 9.91. The highest BCUT2D eigenvalue weighted by Gasteiger charge is 2.14. The van der Waals surface area contributed by atoms with Gasteiger partial charge in [0.2, 0.25) is 0 Å². The lowest BCUT2D eigenvalue weighted by molar-refractivity contribution is 0.501. The zero-order valence-electron chi connectivity index (χ0n) is 11.7. The summed E-state index contributed by atoms with van der Waals surface area (Å²) in [6.45, 7) is 3.76. The van der Waals surface area contributed by atoms with E-state index in [1.54, 1.807) is 0 Å². The normalized spacial score (nSPS) is 12.7. The Balaban J connectivity index is 1.99. The SMILES string of the molecule is C=CCCCCCC(NC)c1coc2ccccc12. The fourth-order valence-electron chi connectivity index (χ4n) is 2.54. The van der Waals surface area contributed by atoms with Gasteiger partial charge in [0, 0.05) is 17.0 Å². The molecule has 0 bridgehead atoms. The summed E-state index contributed by atoms with van der Waals surface area (Å²) >= 11 is 0. The number of fused-ring (bicyclic) bond motifs is 1.